The van der Waals surface area contributed by atoms with E-state index in [1.165, 1.54) is 128 Å². The van der Waals surface area contributed by atoms with E-state index in [0.717, 1.165) is 38.5 Å². The Labute approximate surface area is 409 Å². The highest BCUT2D eigenvalue weighted by molar-refractivity contribution is 5.70. The summed E-state index contributed by atoms with van der Waals surface area (Å²) in [6.07, 6.45) is 24.9. The van der Waals surface area contributed by atoms with Crippen LogP contribution in [0.2, 0.25) is 0 Å². The van der Waals surface area contributed by atoms with Gasteiger partial charge in [0.05, 0.1) is 19.8 Å². The minimum Gasteiger partial charge on any atom is -0.462 e. The van der Waals surface area contributed by atoms with Crippen LogP contribution >= 0.6 is 0 Å². The van der Waals surface area contributed by atoms with E-state index in [9.17, 15) is 45.3 Å². The van der Waals surface area contributed by atoms with Crippen LogP contribution in [0.4, 0.5) is 0 Å². The number of aliphatic hydroxyl groups excluding tert-OH is 7. The average molecular weight is 973 g/mol. The number of aliphatic hydroxyl groups is 7. The van der Waals surface area contributed by atoms with Crippen LogP contribution < -0.4 is 0 Å². The highest BCUT2D eigenvalue weighted by Gasteiger charge is 2.47. The Hall–Kier alpha value is -2.02. The maximum atomic E-state index is 13.0. The van der Waals surface area contributed by atoms with E-state index < -0.39 is 92.7 Å². The fourth-order valence-electron chi connectivity index (χ4n) is 8.44. The molecule has 0 aromatic carbocycles. The molecule has 15 nitrogen and oxygen atoms in total. The fourth-order valence-corrected chi connectivity index (χ4v) is 8.44. The second-order valence-corrected chi connectivity index (χ2v) is 19.0. The third kappa shape index (κ3) is 28.1. The number of esters is 2. The lowest BCUT2D eigenvalue weighted by atomic mass is 9.98. The zero-order valence-electron chi connectivity index (χ0n) is 42.1. The first-order valence-electron chi connectivity index (χ1n) is 26.9. The Morgan fingerprint density at radius 3 is 1.34 bits per heavy atom. The van der Waals surface area contributed by atoms with Gasteiger partial charge in [-0.15, -0.1) is 0 Å². The molecular weight excluding hydrogens is 877 g/mol. The van der Waals surface area contributed by atoms with Gasteiger partial charge in [0.25, 0.3) is 0 Å². The minimum absolute atomic E-state index is 0.137. The van der Waals surface area contributed by atoms with Gasteiger partial charge in [-0.2, -0.15) is 0 Å². The van der Waals surface area contributed by atoms with E-state index >= 15 is 0 Å². The molecule has 2 aliphatic heterocycles. The van der Waals surface area contributed by atoms with Gasteiger partial charge in [-0.05, 0) is 64.2 Å². The molecule has 2 saturated heterocycles. The fraction of sp³-hybridized carbons (Fsp3) is 0.887. The summed E-state index contributed by atoms with van der Waals surface area (Å²) in [6, 6.07) is 0. The van der Waals surface area contributed by atoms with Gasteiger partial charge in [-0.25, -0.2) is 0 Å². The summed E-state index contributed by atoms with van der Waals surface area (Å²) in [4.78, 5) is 25.8. The van der Waals surface area contributed by atoms with Crippen LogP contribution in [0.1, 0.15) is 206 Å². The van der Waals surface area contributed by atoms with Crippen molar-refractivity contribution >= 4 is 11.9 Å². The van der Waals surface area contributed by atoms with Crippen LogP contribution in [0.5, 0.6) is 0 Å². The normalized spacial score (nSPS) is 25.9. The zero-order chi connectivity index (χ0) is 49.6. The van der Waals surface area contributed by atoms with E-state index in [4.69, 9.17) is 28.4 Å². The van der Waals surface area contributed by atoms with Crippen molar-refractivity contribution in [1.82, 2.24) is 0 Å². The first-order chi connectivity index (χ1) is 33.0. The van der Waals surface area contributed by atoms with Gasteiger partial charge in [0.15, 0.2) is 18.7 Å². The molecular formula is C53H96O15. The summed E-state index contributed by atoms with van der Waals surface area (Å²) in [5.74, 6) is -0.946. The van der Waals surface area contributed by atoms with Gasteiger partial charge < -0.3 is 64.2 Å². The predicted octanol–water partition coefficient (Wildman–Crippen LogP) is 7.94. The van der Waals surface area contributed by atoms with Crippen molar-refractivity contribution in [1.29, 1.82) is 0 Å². The van der Waals surface area contributed by atoms with E-state index in [-0.39, 0.29) is 26.1 Å². The summed E-state index contributed by atoms with van der Waals surface area (Å²) in [6.45, 7) is 2.57. The molecule has 0 spiro atoms. The lowest BCUT2D eigenvalue weighted by Crippen LogP contribution is -2.61. The molecule has 398 valence electrons. The monoisotopic (exact) mass is 973 g/mol. The Morgan fingerprint density at radius 2 is 0.838 bits per heavy atom. The molecule has 0 aromatic rings. The number of hydrogen-bond acceptors (Lipinski definition) is 15. The first-order valence-corrected chi connectivity index (χ1v) is 26.9. The predicted molar refractivity (Wildman–Crippen MR) is 261 cm³/mol. The van der Waals surface area contributed by atoms with Gasteiger partial charge in [0.2, 0.25) is 0 Å². The van der Waals surface area contributed by atoms with Crippen molar-refractivity contribution in [2.75, 3.05) is 26.4 Å². The summed E-state index contributed by atoms with van der Waals surface area (Å²) in [5, 5.41) is 72.1. The highest BCUT2D eigenvalue weighted by Crippen LogP contribution is 2.26. The first kappa shape index (κ1) is 62.1. The second-order valence-electron chi connectivity index (χ2n) is 19.0. The minimum atomic E-state index is -1.77. The van der Waals surface area contributed by atoms with E-state index in [0.29, 0.717) is 12.8 Å². The summed E-state index contributed by atoms with van der Waals surface area (Å²) in [5.41, 5.74) is 0. The van der Waals surface area contributed by atoms with Crippen LogP contribution in [-0.4, -0.2) is 142 Å². The lowest BCUT2D eigenvalue weighted by molar-refractivity contribution is -0.332. The molecule has 7 N–H and O–H groups in total. The topological polar surface area (TPSA) is 231 Å². The van der Waals surface area contributed by atoms with E-state index in [1.807, 2.05) is 0 Å². The van der Waals surface area contributed by atoms with Crippen molar-refractivity contribution in [3.05, 3.63) is 24.3 Å². The molecule has 0 saturated carbocycles. The molecule has 0 aliphatic carbocycles. The molecule has 2 heterocycles. The third-order valence-corrected chi connectivity index (χ3v) is 12.9. The maximum Gasteiger partial charge on any atom is 0.306 e. The molecule has 15 heteroatoms. The van der Waals surface area contributed by atoms with Crippen LogP contribution in [0.3, 0.4) is 0 Å². The van der Waals surface area contributed by atoms with Gasteiger partial charge in [-0.3, -0.25) is 9.59 Å². The molecule has 0 aromatic heterocycles. The quantitative estimate of drug-likeness (QED) is 0.0175. The van der Waals surface area contributed by atoms with Crippen molar-refractivity contribution in [2.45, 2.75) is 274 Å². The smallest absolute Gasteiger partial charge is 0.306 e. The molecule has 0 radical (unpaired) electrons. The van der Waals surface area contributed by atoms with Crippen LogP contribution in [0.25, 0.3) is 0 Å². The number of ether oxygens (including phenoxy) is 6. The van der Waals surface area contributed by atoms with E-state index in [1.54, 1.807) is 0 Å². The maximum absolute atomic E-state index is 13.0. The Balaban J connectivity index is 1.80. The standard InChI is InChI=1S/C53H96O15/c1-3-5-7-9-11-13-15-17-19-20-22-23-25-27-29-31-33-35-44(55)63-38-41(66-45(56)36-34-32-30-28-26-24-21-18-16-14-12-10-8-6-4-2)39-64-52-51(62)49(60)47(58)43(68-52)40-65-53-50(61)48(59)46(57)42(37-54)67-53/h13,15,26,28,41-43,46-54,57-62H,3-12,14,16-25,27,29-40H2,1-2H3/b15-13+,28-26+/t41-,42+,43+,46-,47-,48?,49?,50?,51?,52+,53+/m0/s1. The number of carbonyl (C=O) groups excluding carboxylic acids is 2. The number of rotatable bonds is 42. The second kappa shape index (κ2) is 40.6. The number of carbonyl (C=O) groups is 2. The van der Waals surface area contributed by atoms with Gasteiger partial charge in [-0.1, -0.05) is 154 Å². The van der Waals surface area contributed by atoms with Crippen LogP contribution in [0, 0.1) is 0 Å². The van der Waals surface area contributed by atoms with Gasteiger partial charge >= 0.3 is 11.9 Å². The summed E-state index contributed by atoms with van der Waals surface area (Å²) in [7, 11) is 0. The largest absolute Gasteiger partial charge is 0.462 e. The number of allylic oxidation sites excluding steroid dienone is 4. The third-order valence-electron chi connectivity index (χ3n) is 12.9. The molecule has 2 aliphatic rings. The van der Waals surface area contributed by atoms with Gasteiger partial charge in [0, 0.05) is 12.8 Å². The van der Waals surface area contributed by atoms with Crippen molar-refractivity contribution in [2.24, 2.45) is 0 Å². The lowest BCUT2D eigenvalue weighted by Gasteiger charge is -2.42. The van der Waals surface area contributed by atoms with Crippen LogP contribution in [0.15, 0.2) is 24.3 Å². The Morgan fingerprint density at radius 1 is 0.456 bits per heavy atom. The molecule has 0 amide bonds. The molecule has 2 rings (SSSR count). The van der Waals surface area contributed by atoms with Crippen molar-refractivity contribution in [3.63, 3.8) is 0 Å². The zero-order valence-corrected chi connectivity index (χ0v) is 42.1. The number of unbranched alkanes of at least 4 members (excludes halogenated alkanes) is 24. The van der Waals surface area contributed by atoms with Crippen molar-refractivity contribution in [3.8, 4) is 0 Å². The Bertz CT molecular complexity index is 1280. The molecule has 11 atom stereocenters. The molecule has 4 unspecified atom stereocenters. The highest BCUT2D eigenvalue weighted by atomic mass is 16.7. The summed E-state index contributed by atoms with van der Waals surface area (Å²) < 4.78 is 33.6. The van der Waals surface area contributed by atoms with Gasteiger partial charge in [0.1, 0.15) is 55.4 Å². The molecule has 2 fully saturated rings. The Kier molecular flexibility index (Phi) is 37.0. The molecule has 0 bridgehead atoms. The van der Waals surface area contributed by atoms with E-state index in [2.05, 4.69) is 38.2 Å². The summed E-state index contributed by atoms with van der Waals surface area (Å²) >= 11 is 0. The SMILES string of the molecule is CCCCCC/C=C/CCCCCCCCCCCC(=O)OC[C@@H](CO[C@@H]1O[C@H](CO[C@@H]2O[C@H](CO)[C@H](O)C(O)C2O)[C@H](O)C(O)C1O)OC(=O)CCCC/C=C/CCCCCCCCCCC. The van der Waals surface area contributed by atoms with Crippen LogP contribution in [-0.2, 0) is 38.0 Å². The number of hydrogen-bond donors (Lipinski definition) is 7. The average Bonchev–Trinajstić information content (AvgIpc) is 3.33. The van der Waals surface area contributed by atoms with Crippen molar-refractivity contribution < 1.29 is 73.8 Å². The molecule has 68 heavy (non-hydrogen) atoms.